The Morgan fingerprint density at radius 2 is 1.92 bits per heavy atom. The summed E-state index contributed by atoms with van der Waals surface area (Å²) in [6.07, 6.45) is 5.49. The zero-order valence-corrected chi connectivity index (χ0v) is 8.36. The van der Waals surface area contributed by atoms with E-state index in [0.29, 0.717) is 0 Å². The van der Waals surface area contributed by atoms with Gasteiger partial charge in [0.1, 0.15) is 0 Å². The van der Waals surface area contributed by atoms with E-state index >= 15 is 0 Å². The Morgan fingerprint density at radius 1 is 1.25 bits per heavy atom. The Balaban J connectivity index is 2.53. The number of hydrogen-bond acceptors (Lipinski definition) is 1. The van der Waals surface area contributed by atoms with Crippen LogP contribution in [0.25, 0.3) is 0 Å². The van der Waals surface area contributed by atoms with E-state index in [2.05, 4.69) is 37.4 Å². The first-order valence-corrected chi connectivity index (χ1v) is 5.51. The van der Waals surface area contributed by atoms with Crippen LogP contribution in [0.2, 0.25) is 0 Å². The van der Waals surface area contributed by atoms with Crippen molar-refractivity contribution in [3.8, 4) is 0 Å². The number of unbranched alkanes of at least 4 members (excludes halogenated alkanes) is 1. The summed E-state index contributed by atoms with van der Waals surface area (Å²) < 4.78 is 0. The third-order valence-electron chi connectivity index (χ3n) is 1.87. The van der Waals surface area contributed by atoms with Crippen molar-refractivity contribution in [1.82, 2.24) is 0 Å². The Bertz CT molecular complexity index is 213. The van der Waals surface area contributed by atoms with Crippen molar-refractivity contribution in [2.75, 3.05) is 6.26 Å². The van der Waals surface area contributed by atoms with Crippen LogP contribution in [0.1, 0.15) is 18.4 Å². The molecule has 0 amide bonds. The van der Waals surface area contributed by atoms with Crippen molar-refractivity contribution in [2.24, 2.45) is 0 Å². The van der Waals surface area contributed by atoms with Gasteiger partial charge in [-0.05, 0) is 36.8 Å². The molecule has 0 spiro atoms. The summed E-state index contributed by atoms with van der Waals surface area (Å²) in [4.78, 5) is 1.34. The third kappa shape index (κ3) is 2.90. The topological polar surface area (TPSA) is 0 Å². The van der Waals surface area contributed by atoms with E-state index in [1.165, 1.54) is 16.9 Å². The summed E-state index contributed by atoms with van der Waals surface area (Å²) in [5, 5.41) is 0. The molecular weight excluding hydrogens is 164 g/mol. The maximum atomic E-state index is 3.83. The second-order valence-electron chi connectivity index (χ2n) is 2.81. The van der Waals surface area contributed by atoms with Crippen molar-refractivity contribution >= 4 is 11.8 Å². The molecule has 0 fully saturated rings. The predicted molar refractivity (Wildman–Crippen MR) is 56.5 cm³/mol. The van der Waals surface area contributed by atoms with Gasteiger partial charge in [0.2, 0.25) is 0 Å². The maximum absolute atomic E-state index is 3.83. The molecule has 0 nitrogen and oxygen atoms in total. The molecule has 0 unspecified atom stereocenters. The van der Waals surface area contributed by atoms with E-state index in [9.17, 15) is 0 Å². The van der Waals surface area contributed by atoms with E-state index in [1.807, 2.05) is 0 Å². The Hall–Kier alpha value is -0.430. The number of benzene rings is 1. The van der Waals surface area contributed by atoms with Crippen LogP contribution in [-0.2, 0) is 6.42 Å². The Labute approximate surface area is 79.4 Å². The smallest absolute Gasteiger partial charge is 0.00693 e. The highest BCUT2D eigenvalue weighted by Crippen LogP contribution is 2.15. The maximum Gasteiger partial charge on any atom is 0.00693 e. The fourth-order valence-electron chi connectivity index (χ4n) is 1.12. The number of rotatable bonds is 4. The number of aryl methyl sites for hydroxylation is 1. The van der Waals surface area contributed by atoms with Crippen LogP contribution in [0, 0.1) is 6.92 Å². The first kappa shape index (κ1) is 9.66. The van der Waals surface area contributed by atoms with Crippen molar-refractivity contribution in [3.63, 3.8) is 0 Å². The standard InChI is InChI=1S/C11H15S/c1-3-4-5-10-6-8-11(12-2)9-7-10/h6-9H,1,3-5H2,2H3. The van der Waals surface area contributed by atoms with Gasteiger partial charge < -0.3 is 0 Å². The van der Waals surface area contributed by atoms with Crippen LogP contribution in [0.3, 0.4) is 0 Å². The lowest BCUT2D eigenvalue weighted by Crippen LogP contribution is -1.83. The second-order valence-corrected chi connectivity index (χ2v) is 3.68. The first-order valence-electron chi connectivity index (χ1n) is 4.29. The van der Waals surface area contributed by atoms with Gasteiger partial charge in [-0.1, -0.05) is 25.5 Å². The fraction of sp³-hybridized carbons (Fsp3) is 0.364. The molecular formula is C11H15S. The zero-order valence-electron chi connectivity index (χ0n) is 7.55. The highest BCUT2D eigenvalue weighted by atomic mass is 32.2. The summed E-state index contributed by atoms with van der Waals surface area (Å²) in [6.45, 7) is 3.83. The van der Waals surface area contributed by atoms with Crippen LogP contribution in [0.5, 0.6) is 0 Å². The molecule has 0 aliphatic heterocycles. The molecule has 1 rings (SSSR count). The van der Waals surface area contributed by atoms with Crippen LogP contribution in [0.15, 0.2) is 29.2 Å². The second kappa shape index (κ2) is 5.26. The van der Waals surface area contributed by atoms with Gasteiger partial charge >= 0.3 is 0 Å². The molecule has 0 aliphatic carbocycles. The highest BCUT2D eigenvalue weighted by molar-refractivity contribution is 7.98. The first-order chi connectivity index (χ1) is 5.86. The summed E-state index contributed by atoms with van der Waals surface area (Å²) in [6, 6.07) is 8.79. The van der Waals surface area contributed by atoms with Crippen LogP contribution >= 0.6 is 11.8 Å². The molecule has 65 valence electrons. The van der Waals surface area contributed by atoms with Crippen LogP contribution < -0.4 is 0 Å². The minimum atomic E-state index is 1.03. The summed E-state index contributed by atoms with van der Waals surface area (Å²) in [7, 11) is 0. The van der Waals surface area contributed by atoms with Crippen molar-refractivity contribution in [2.45, 2.75) is 24.2 Å². The van der Waals surface area contributed by atoms with Gasteiger partial charge in [0.25, 0.3) is 0 Å². The minimum absolute atomic E-state index is 1.03. The molecule has 0 aliphatic rings. The van der Waals surface area contributed by atoms with E-state index in [-0.39, 0.29) is 0 Å². The number of thioether (sulfide) groups is 1. The average Bonchev–Trinajstić information content (AvgIpc) is 2.15. The summed E-state index contributed by atoms with van der Waals surface area (Å²) in [5.74, 6) is 0. The molecule has 0 saturated carbocycles. The van der Waals surface area contributed by atoms with Gasteiger partial charge in [0.15, 0.2) is 0 Å². The van der Waals surface area contributed by atoms with Gasteiger partial charge in [-0.3, -0.25) is 0 Å². The molecule has 12 heavy (non-hydrogen) atoms. The van der Waals surface area contributed by atoms with Gasteiger partial charge in [-0.2, -0.15) is 0 Å². The molecule has 0 saturated heterocycles. The lowest BCUT2D eigenvalue weighted by Gasteiger charge is -2.00. The molecule has 1 aromatic rings. The van der Waals surface area contributed by atoms with Crippen LogP contribution in [-0.4, -0.2) is 6.26 Å². The molecule has 0 atom stereocenters. The van der Waals surface area contributed by atoms with Gasteiger partial charge in [0.05, 0.1) is 0 Å². The quantitative estimate of drug-likeness (QED) is 0.637. The summed E-state index contributed by atoms with van der Waals surface area (Å²) >= 11 is 1.79. The van der Waals surface area contributed by atoms with E-state index in [1.54, 1.807) is 11.8 Å². The van der Waals surface area contributed by atoms with E-state index in [0.717, 1.165) is 12.8 Å². The van der Waals surface area contributed by atoms with Gasteiger partial charge in [-0.15, -0.1) is 11.8 Å². The summed E-state index contributed by atoms with van der Waals surface area (Å²) in [5.41, 5.74) is 1.43. The lowest BCUT2D eigenvalue weighted by molar-refractivity contribution is 0.840. The minimum Gasteiger partial charge on any atom is -0.130 e. The van der Waals surface area contributed by atoms with Crippen molar-refractivity contribution in [1.29, 1.82) is 0 Å². The fourth-order valence-corrected chi connectivity index (χ4v) is 1.53. The van der Waals surface area contributed by atoms with Gasteiger partial charge in [-0.25, -0.2) is 0 Å². The molecule has 0 aromatic heterocycles. The third-order valence-corrected chi connectivity index (χ3v) is 2.62. The van der Waals surface area contributed by atoms with E-state index < -0.39 is 0 Å². The normalized spacial score (nSPS) is 10.2. The molecule has 0 bridgehead atoms. The number of hydrogen-bond donors (Lipinski definition) is 0. The molecule has 1 aromatic carbocycles. The molecule has 1 heteroatoms. The highest BCUT2D eigenvalue weighted by Gasteiger charge is 1.92. The monoisotopic (exact) mass is 179 g/mol. The predicted octanol–water partition coefficient (Wildman–Crippen LogP) is 3.57. The lowest BCUT2D eigenvalue weighted by atomic mass is 10.1. The van der Waals surface area contributed by atoms with Crippen molar-refractivity contribution < 1.29 is 0 Å². The molecule has 0 heterocycles. The molecule has 0 N–H and O–H groups in total. The molecule has 1 radical (unpaired) electrons. The average molecular weight is 179 g/mol. The van der Waals surface area contributed by atoms with E-state index in [4.69, 9.17) is 0 Å². The largest absolute Gasteiger partial charge is 0.130 e. The van der Waals surface area contributed by atoms with Gasteiger partial charge in [0, 0.05) is 4.90 Å². The Morgan fingerprint density at radius 3 is 2.42 bits per heavy atom. The zero-order chi connectivity index (χ0) is 8.81. The van der Waals surface area contributed by atoms with Crippen LogP contribution in [0.4, 0.5) is 0 Å². The Kier molecular flexibility index (Phi) is 4.23. The van der Waals surface area contributed by atoms with Crippen molar-refractivity contribution in [3.05, 3.63) is 36.8 Å². The SMILES string of the molecule is [CH2]CCCc1ccc(SC)cc1.